The number of benzene rings is 1. The fourth-order valence-electron chi connectivity index (χ4n) is 2.39. The summed E-state index contributed by atoms with van der Waals surface area (Å²) in [5, 5.41) is 19.0. The highest BCUT2D eigenvalue weighted by atomic mass is 127. The lowest BCUT2D eigenvalue weighted by Gasteiger charge is -2.34. The van der Waals surface area contributed by atoms with Crippen LogP contribution in [-0.2, 0) is 5.41 Å². The Bertz CT molecular complexity index is 416. The van der Waals surface area contributed by atoms with Crippen LogP contribution in [0.15, 0.2) is 24.3 Å². The van der Waals surface area contributed by atoms with E-state index < -0.39 is 0 Å². The van der Waals surface area contributed by atoms with Crippen LogP contribution in [0.25, 0.3) is 0 Å². The van der Waals surface area contributed by atoms with Crippen molar-refractivity contribution >= 4 is 22.6 Å². The minimum atomic E-state index is -0.378. The van der Waals surface area contributed by atoms with Gasteiger partial charge in [-0.25, -0.2) is 0 Å². The van der Waals surface area contributed by atoms with Crippen molar-refractivity contribution < 1.29 is 5.11 Å². The third-order valence-corrected chi connectivity index (χ3v) is 4.35. The predicted octanol–water partition coefficient (Wildman–Crippen LogP) is 2.99. The van der Waals surface area contributed by atoms with Crippen LogP contribution in [-0.4, -0.2) is 11.2 Å². The maximum absolute atomic E-state index is 9.54. The Morgan fingerprint density at radius 1 is 1.31 bits per heavy atom. The van der Waals surface area contributed by atoms with Crippen molar-refractivity contribution in [3.05, 3.63) is 33.4 Å². The molecule has 84 valence electrons. The zero-order valence-corrected chi connectivity index (χ0v) is 11.1. The van der Waals surface area contributed by atoms with Gasteiger partial charge in [0.1, 0.15) is 0 Å². The van der Waals surface area contributed by atoms with E-state index in [9.17, 15) is 10.4 Å². The van der Waals surface area contributed by atoms with Crippen LogP contribution in [0, 0.1) is 14.9 Å². The van der Waals surface area contributed by atoms with E-state index in [0.29, 0.717) is 0 Å². The number of nitriles is 1. The number of halogens is 1. The molecule has 0 aliphatic heterocycles. The molecule has 0 heterocycles. The first-order valence-electron chi connectivity index (χ1n) is 5.52. The number of hydrogen-bond donors (Lipinski definition) is 1. The molecule has 1 fully saturated rings. The van der Waals surface area contributed by atoms with Gasteiger partial charge in [-0.15, -0.1) is 0 Å². The molecule has 1 N–H and O–H groups in total. The molecular formula is C13H14INO. The lowest BCUT2D eigenvalue weighted by molar-refractivity contribution is 0.109. The summed E-state index contributed by atoms with van der Waals surface area (Å²) >= 11 is 2.29. The monoisotopic (exact) mass is 327 g/mol. The number of aliphatic hydroxyl groups excluding tert-OH is 1. The van der Waals surface area contributed by atoms with Gasteiger partial charge in [0, 0.05) is 3.57 Å². The van der Waals surface area contributed by atoms with Gasteiger partial charge in [0.25, 0.3) is 0 Å². The number of nitrogens with zero attached hydrogens (tertiary/aromatic N) is 1. The van der Waals surface area contributed by atoms with Crippen LogP contribution in [0.1, 0.15) is 31.2 Å². The first kappa shape index (κ1) is 11.9. The zero-order valence-electron chi connectivity index (χ0n) is 8.99. The molecule has 1 aliphatic carbocycles. The van der Waals surface area contributed by atoms with Crippen LogP contribution in [0.4, 0.5) is 0 Å². The lowest BCUT2D eigenvalue weighted by Crippen LogP contribution is -2.32. The summed E-state index contributed by atoms with van der Waals surface area (Å²) in [6.45, 7) is 0. The molecule has 0 saturated heterocycles. The van der Waals surface area contributed by atoms with E-state index in [1.54, 1.807) is 0 Å². The Balaban J connectivity index is 2.37. The Morgan fingerprint density at radius 2 is 1.94 bits per heavy atom. The van der Waals surface area contributed by atoms with Crippen molar-refractivity contribution in [3.63, 3.8) is 0 Å². The van der Waals surface area contributed by atoms with Crippen LogP contribution < -0.4 is 0 Å². The average molecular weight is 327 g/mol. The first-order valence-corrected chi connectivity index (χ1v) is 6.60. The van der Waals surface area contributed by atoms with Crippen LogP contribution in [0.2, 0.25) is 0 Å². The van der Waals surface area contributed by atoms with E-state index >= 15 is 0 Å². The molecule has 0 amide bonds. The van der Waals surface area contributed by atoms with Gasteiger partial charge < -0.3 is 5.11 Å². The highest BCUT2D eigenvalue weighted by Gasteiger charge is 2.37. The minimum Gasteiger partial charge on any atom is -0.393 e. The van der Waals surface area contributed by atoms with Gasteiger partial charge in [-0.05, 0) is 59.9 Å². The molecule has 16 heavy (non-hydrogen) atoms. The Kier molecular flexibility index (Phi) is 3.50. The molecule has 1 aromatic rings. The van der Waals surface area contributed by atoms with Gasteiger partial charge in [0.15, 0.2) is 0 Å². The van der Waals surface area contributed by atoms with Crippen LogP contribution in [0.3, 0.4) is 0 Å². The second-order valence-electron chi connectivity index (χ2n) is 4.40. The lowest BCUT2D eigenvalue weighted by atomic mass is 9.70. The van der Waals surface area contributed by atoms with Crippen LogP contribution in [0.5, 0.6) is 0 Å². The molecule has 0 atom stereocenters. The SMILES string of the molecule is N#CC1(c2ccccc2I)CCC(O)CC1. The third-order valence-electron chi connectivity index (χ3n) is 3.41. The first-order chi connectivity index (χ1) is 7.68. The second-order valence-corrected chi connectivity index (χ2v) is 5.57. The van der Waals surface area contributed by atoms with E-state index in [0.717, 1.165) is 34.8 Å². The standard InChI is InChI=1S/C13H14INO/c14-12-4-2-1-3-11(12)13(9-15)7-5-10(16)6-8-13/h1-4,10,16H,5-8H2. The summed E-state index contributed by atoms with van der Waals surface area (Å²) in [7, 11) is 0. The summed E-state index contributed by atoms with van der Waals surface area (Å²) in [5.74, 6) is 0. The van der Waals surface area contributed by atoms with Crippen molar-refractivity contribution in [3.8, 4) is 6.07 Å². The van der Waals surface area contributed by atoms with Crippen LogP contribution >= 0.6 is 22.6 Å². The molecule has 0 unspecified atom stereocenters. The highest BCUT2D eigenvalue weighted by molar-refractivity contribution is 14.1. The van der Waals surface area contributed by atoms with E-state index in [4.69, 9.17) is 0 Å². The van der Waals surface area contributed by atoms with Crippen molar-refractivity contribution in [2.75, 3.05) is 0 Å². The molecule has 1 saturated carbocycles. The summed E-state index contributed by atoms with van der Waals surface area (Å²) in [6, 6.07) is 10.5. The summed E-state index contributed by atoms with van der Waals surface area (Å²) in [4.78, 5) is 0. The van der Waals surface area contributed by atoms with Crippen molar-refractivity contribution in [1.29, 1.82) is 5.26 Å². The highest BCUT2D eigenvalue weighted by Crippen LogP contribution is 2.40. The molecule has 1 aliphatic rings. The maximum Gasteiger partial charge on any atom is 0.0834 e. The topological polar surface area (TPSA) is 44.0 Å². The summed E-state index contributed by atoms with van der Waals surface area (Å²) < 4.78 is 1.15. The largest absolute Gasteiger partial charge is 0.393 e. The minimum absolute atomic E-state index is 0.220. The molecule has 0 radical (unpaired) electrons. The molecule has 1 aromatic carbocycles. The zero-order chi connectivity index (χ0) is 11.6. The molecule has 2 nitrogen and oxygen atoms in total. The van der Waals surface area contributed by atoms with Gasteiger partial charge in [-0.3, -0.25) is 0 Å². The Labute approximate surface area is 109 Å². The van der Waals surface area contributed by atoms with E-state index in [1.165, 1.54) is 0 Å². The Hall–Kier alpha value is -0.600. The molecule has 0 aromatic heterocycles. The van der Waals surface area contributed by atoms with Gasteiger partial charge in [-0.1, -0.05) is 18.2 Å². The quantitative estimate of drug-likeness (QED) is 0.806. The van der Waals surface area contributed by atoms with Crippen molar-refractivity contribution in [1.82, 2.24) is 0 Å². The van der Waals surface area contributed by atoms with E-state index in [-0.39, 0.29) is 11.5 Å². The summed E-state index contributed by atoms with van der Waals surface area (Å²) in [5.41, 5.74) is 0.752. The number of aliphatic hydroxyl groups is 1. The van der Waals surface area contributed by atoms with E-state index in [1.807, 2.05) is 24.3 Å². The van der Waals surface area contributed by atoms with Gasteiger partial charge in [-0.2, -0.15) is 5.26 Å². The van der Waals surface area contributed by atoms with Gasteiger partial charge >= 0.3 is 0 Å². The molecule has 0 spiro atoms. The smallest absolute Gasteiger partial charge is 0.0834 e. The fraction of sp³-hybridized carbons (Fsp3) is 0.462. The number of rotatable bonds is 1. The van der Waals surface area contributed by atoms with Gasteiger partial charge in [0.2, 0.25) is 0 Å². The average Bonchev–Trinajstić information content (AvgIpc) is 2.32. The fourth-order valence-corrected chi connectivity index (χ4v) is 3.29. The predicted molar refractivity (Wildman–Crippen MR) is 70.9 cm³/mol. The molecular weight excluding hydrogens is 313 g/mol. The van der Waals surface area contributed by atoms with Crippen molar-refractivity contribution in [2.45, 2.75) is 37.2 Å². The second kappa shape index (κ2) is 4.72. The van der Waals surface area contributed by atoms with E-state index in [2.05, 4.69) is 28.7 Å². The molecule has 3 heteroatoms. The third kappa shape index (κ3) is 2.09. The van der Waals surface area contributed by atoms with Gasteiger partial charge in [0.05, 0.1) is 17.6 Å². The Morgan fingerprint density at radius 3 is 2.50 bits per heavy atom. The summed E-state index contributed by atoms with van der Waals surface area (Å²) in [6.07, 6.45) is 2.79. The normalized spacial score (nSPS) is 29.7. The maximum atomic E-state index is 9.54. The molecule has 0 bridgehead atoms. The van der Waals surface area contributed by atoms with Crippen molar-refractivity contribution in [2.24, 2.45) is 0 Å². The number of hydrogen-bond acceptors (Lipinski definition) is 2. The molecule has 2 rings (SSSR count).